The third kappa shape index (κ3) is 5.81. The quantitative estimate of drug-likeness (QED) is 0.257. The molecule has 8 heteroatoms. The summed E-state index contributed by atoms with van der Waals surface area (Å²) >= 11 is 0. The maximum atomic E-state index is 16.4. The molecule has 0 spiro atoms. The van der Waals surface area contributed by atoms with Crippen LogP contribution < -0.4 is 21.2 Å². The van der Waals surface area contributed by atoms with Crippen molar-refractivity contribution in [1.29, 1.82) is 0 Å². The molecule has 1 aromatic heterocycles. The smallest absolute Gasteiger partial charge is 0.194 e. The van der Waals surface area contributed by atoms with Gasteiger partial charge in [0.05, 0.1) is 28.0 Å². The van der Waals surface area contributed by atoms with E-state index < -0.39 is 17.5 Å². The minimum atomic E-state index is -0.848. The monoisotopic (exact) mass is 536 g/mol. The third-order valence-corrected chi connectivity index (χ3v) is 6.72. The fourth-order valence-electron chi connectivity index (χ4n) is 4.94. The first-order valence-electron chi connectivity index (χ1n) is 13.4. The van der Waals surface area contributed by atoms with Gasteiger partial charge in [0.2, 0.25) is 0 Å². The highest BCUT2D eigenvalue weighted by Gasteiger charge is 2.27. The van der Waals surface area contributed by atoms with Crippen LogP contribution in [0.4, 0.5) is 24.5 Å². The lowest BCUT2D eigenvalue weighted by Gasteiger charge is -2.26. The van der Waals surface area contributed by atoms with Gasteiger partial charge in [-0.05, 0) is 44.4 Å². The van der Waals surface area contributed by atoms with Gasteiger partial charge in [0.15, 0.2) is 11.2 Å². The molecule has 0 unspecified atom stereocenters. The lowest BCUT2D eigenvalue weighted by Crippen LogP contribution is -2.27. The Morgan fingerprint density at radius 2 is 1.62 bits per heavy atom. The number of benzene rings is 3. The maximum Gasteiger partial charge on any atom is 0.194 e. The summed E-state index contributed by atoms with van der Waals surface area (Å²) in [5, 5.41) is 0.109. The second-order valence-electron chi connectivity index (χ2n) is 9.86. The van der Waals surface area contributed by atoms with Crippen LogP contribution in [0.15, 0.2) is 59.5 Å². The van der Waals surface area contributed by atoms with E-state index in [9.17, 15) is 13.6 Å². The van der Waals surface area contributed by atoms with Gasteiger partial charge in [0.1, 0.15) is 11.6 Å². The average Bonchev–Trinajstić information content (AvgIpc) is 3.43. The highest BCUT2D eigenvalue weighted by molar-refractivity contribution is 5.99. The number of hydrogen-bond donors (Lipinski definition) is 2. The summed E-state index contributed by atoms with van der Waals surface area (Å²) in [6.45, 7) is 9.46. The van der Waals surface area contributed by atoms with Crippen molar-refractivity contribution >= 4 is 22.3 Å². The molecule has 1 saturated heterocycles. The standard InChI is InChI=1S/C28H27F3N4O.C3H8/c1-17-16-35(22-11-10-20(29)14-21(22)30)27-23(28(17)36)25(33-32-15-19-8-4-3-5-9-19)18(2)26(24(27)31)34-12-6-7-13-34;1-3-2/h3-5,8-11,14,16,32-33H,6-7,12-13,15H2,1-2H3;3H2,1-2H3. The van der Waals surface area contributed by atoms with Crippen molar-refractivity contribution in [3.05, 3.63) is 99.1 Å². The summed E-state index contributed by atoms with van der Waals surface area (Å²) < 4.78 is 46.3. The Bertz CT molecular complexity index is 1510. The number of aryl methyl sites for hydroxylation is 1. The predicted octanol–water partition coefficient (Wildman–Crippen LogP) is 7.16. The number of pyridine rings is 1. The Hall–Kier alpha value is -3.78. The van der Waals surface area contributed by atoms with E-state index in [0.29, 0.717) is 42.1 Å². The highest BCUT2D eigenvalue weighted by atomic mass is 19.1. The minimum Gasteiger partial charge on any atom is -0.369 e. The molecule has 5 rings (SSSR count). The van der Waals surface area contributed by atoms with E-state index in [-0.39, 0.29) is 22.0 Å². The first kappa shape index (κ1) is 28.2. The van der Waals surface area contributed by atoms with E-state index in [1.54, 1.807) is 13.8 Å². The summed E-state index contributed by atoms with van der Waals surface area (Å²) in [5.74, 6) is -2.18. The second-order valence-corrected chi connectivity index (χ2v) is 9.86. The lowest BCUT2D eigenvalue weighted by atomic mass is 10.0. The summed E-state index contributed by atoms with van der Waals surface area (Å²) in [6, 6.07) is 12.8. The van der Waals surface area contributed by atoms with Crippen LogP contribution in [-0.2, 0) is 6.54 Å². The van der Waals surface area contributed by atoms with E-state index in [1.807, 2.05) is 35.2 Å². The molecule has 0 atom stereocenters. The number of fused-ring (bicyclic) bond motifs is 1. The van der Waals surface area contributed by atoms with Gasteiger partial charge in [-0.3, -0.25) is 4.79 Å². The van der Waals surface area contributed by atoms with Crippen molar-refractivity contribution < 1.29 is 13.2 Å². The molecule has 2 N–H and O–H groups in total. The molecular formula is C31H35F3N4O. The van der Waals surface area contributed by atoms with E-state index in [4.69, 9.17) is 0 Å². The molecule has 0 radical (unpaired) electrons. The normalized spacial score (nSPS) is 12.9. The van der Waals surface area contributed by atoms with Gasteiger partial charge >= 0.3 is 0 Å². The molecule has 0 amide bonds. The molecule has 0 aliphatic carbocycles. The fourth-order valence-corrected chi connectivity index (χ4v) is 4.94. The highest BCUT2D eigenvalue weighted by Crippen LogP contribution is 2.39. The number of anilines is 2. The van der Waals surface area contributed by atoms with Crippen molar-refractivity contribution in [3.8, 4) is 5.69 Å². The number of rotatable bonds is 6. The van der Waals surface area contributed by atoms with Gasteiger partial charge in [0, 0.05) is 43.0 Å². The van der Waals surface area contributed by atoms with Gasteiger partial charge < -0.3 is 14.9 Å². The van der Waals surface area contributed by atoms with Crippen molar-refractivity contribution in [2.75, 3.05) is 23.4 Å². The van der Waals surface area contributed by atoms with Crippen LogP contribution in [0, 0.1) is 31.3 Å². The molecule has 5 nitrogen and oxygen atoms in total. The third-order valence-electron chi connectivity index (χ3n) is 6.72. The van der Waals surface area contributed by atoms with Gasteiger partial charge in [-0.25, -0.2) is 18.6 Å². The molecule has 3 aromatic carbocycles. The number of hydrogen-bond acceptors (Lipinski definition) is 4. The van der Waals surface area contributed by atoms with Crippen LogP contribution in [0.2, 0.25) is 0 Å². The predicted molar refractivity (Wildman–Crippen MR) is 153 cm³/mol. The van der Waals surface area contributed by atoms with Gasteiger partial charge in [-0.15, -0.1) is 0 Å². The number of hydrazine groups is 1. The average molecular weight is 537 g/mol. The second kappa shape index (κ2) is 12.4. The van der Waals surface area contributed by atoms with E-state index >= 15 is 4.39 Å². The van der Waals surface area contributed by atoms with Gasteiger partial charge in [0.25, 0.3) is 0 Å². The van der Waals surface area contributed by atoms with Crippen molar-refractivity contribution in [1.82, 2.24) is 9.99 Å². The van der Waals surface area contributed by atoms with Crippen LogP contribution in [0.1, 0.15) is 49.8 Å². The minimum absolute atomic E-state index is 0.0391. The molecule has 1 fully saturated rings. The van der Waals surface area contributed by atoms with Crippen molar-refractivity contribution in [3.63, 3.8) is 0 Å². The topological polar surface area (TPSA) is 49.3 Å². The largest absolute Gasteiger partial charge is 0.369 e. The molecule has 206 valence electrons. The van der Waals surface area contributed by atoms with Crippen LogP contribution in [0.25, 0.3) is 16.6 Å². The van der Waals surface area contributed by atoms with Crippen LogP contribution in [-0.4, -0.2) is 17.7 Å². The maximum absolute atomic E-state index is 16.4. The molecule has 0 bridgehead atoms. The van der Waals surface area contributed by atoms with Crippen LogP contribution >= 0.6 is 0 Å². The summed E-state index contributed by atoms with van der Waals surface area (Å²) in [5.41, 5.74) is 8.60. The first-order valence-corrected chi connectivity index (χ1v) is 13.4. The van der Waals surface area contributed by atoms with Crippen LogP contribution in [0.5, 0.6) is 0 Å². The van der Waals surface area contributed by atoms with E-state index in [1.165, 1.54) is 23.3 Å². The zero-order chi connectivity index (χ0) is 28.1. The number of halogens is 3. The molecular weight excluding hydrogens is 501 g/mol. The van der Waals surface area contributed by atoms with Crippen molar-refractivity contribution in [2.45, 2.75) is 53.5 Å². The first-order chi connectivity index (χ1) is 18.8. The summed E-state index contributed by atoms with van der Waals surface area (Å²) in [7, 11) is 0. The number of aromatic nitrogens is 1. The van der Waals surface area contributed by atoms with E-state index in [0.717, 1.165) is 30.5 Å². The van der Waals surface area contributed by atoms with E-state index in [2.05, 4.69) is 24.7 Å². The zero-order valence-electron chi connectivity index (χ0n) is 22.9. The van der Waals surface area contributed by atoms with Crippen molar-refractivity contribution in [2.24, 2.45) is 0 Å². The molecule has 39 heavy (non-hydrogen) atoms. The molecule has 0 saturated carbocycles. The Balaban J connectivity index is 0.00000112. The zero-order valence-corrected chi connectivity index (χ0v) is 22.9. The summed E-state index contributed by atoms with van der Waals surface area (Å²) in [6.07, 6.45) is 4.52. The number of nitrogens with one attached hydrogen (secondary N) is 2. The Morgan fingerprint density at radius 3 is 2.26 bits per heavy atom. The fraction of sp³-hybridized carbons (Fsp3) is 0.323. The molecule has 1 aliphatic rings. The molecule has 2 heterocycles. The Morgan fingerprint density at radius 1 is 0.949 bits per heavy atom. The molecule has 4 aromatic rings. The van der Waals surface area contributed by atoms with Gasteiger partial charge in [-0.2, -0.15) is 0 Å². The lowest BCUT2D eigenvalue weighted by molar-refractivity contribution is 0.577. The Kier molecular flexibility index (Phi) is 8.97. The van der Waals surface area contributed by atoms with Gasteiger partial charge in [-0.1, -0.05) is 50.6 Å². The molecule has 1 aliphatic heterocycles. The summed E-state index contributed by atoms with van der Waals surface area (Å²) in [4.78, 5) is 15.4. The van der Waals surface area contributed by atoms with Crippen LogP contribution in [0.3, 0.4) is 0 Å². The number of nitrogens with zero attached hydrogens (tertiary/aromatic N) is 2. The Labute approximate surface area is 227 Å². The SMILES string of the molecule is CCC.Cc1c(N2CCCC2)c(F)c2c(c1NNCc1ccccc1)c(=O)c(C)cn2-c1ccc(F)cc1F.